The van der Waals surface area contributed by atoms with Gasteiger partial charge < -0.3 is 5.32 Å². The van der Waals surface area contributed by atoms with Crippen molar-refractivity contribution >= 4 is 15.9 Å². The van der Waals surface area contributed by atoms with E-state index in [1.54, 1.807) is 0 Å². The van der Waals surface area contributed by atoms with Gasteiger partial charge in [-0.3, -0.25) is 0 Å². The molecular formula is C17H19BrFN. The molecule has 106 valence electrons. The SMILES string of the molecule is CC(Cc1ccc(F)cc1)N[C@@H](C)c1ccccc1Br. The van der Waals surface area contributed by atoms with E-state index >= 15 is 0 Å². The van der Waals surface area contributed by atoms with E-state index in [9.17, 15) is 4.39 Å². The highest BCUT2D eigenvalue weighted by Gasteiger charge is 2.12. The van der Waals surface area contributed by atoms with E-state index in [1.165, 1.54) is 17.7 Å². The highest BCUT2D eigenvalue weighted by molar-refractivity contribution is 9.10. The van der Waals surface area contributed by atoms with E-state index in [0.717, 1.165) is 16.5 Å². The van der Waals surface area contributed by atoms with Gasteiger partial charge in [0.05, 0.1) is 0 Å². The van der Waals surface area contributed by atoms with Crippen LogP contribution in [0, 0.1) is 5.82 Å². The summed E-state index contributed by atoms with van der Waals surface area (Å²) in [4.78, 5) is 0. The Bertz CT molecular complexity index is 553. The second-order valence-corrected chi connectivity index (χ2v) is 6.00. The van der Waals surface area contributed by atoms with Gasteiger partial charge in [-0.05, 0) is 49.6 Å². The fourth-order valence-corrected chi connectivity index (χ4v) is 3.00. The van der Waals surface area contributed by atoms with Crippen LogP contribution >= 0.6 is 15.9 Å². The van der Waals surface area contributed by atoms with Crippen molar-refractivity contribution in [2.75, 3.05) is 0 Å². The van der Waals surface area contributed by atoms with Crippen molar-refractivity contribution in [2.24, 2.45) is 0 Å². The summed E-state index contributed by atoms with van der Waals surface area (Å²) in [5, 5.41) is 3.58. The minimum Gasteiger partial charge on any atom is -0.307 e. The van der Waals surface area contributed by atoms with Gasteiger partial charge >= 0.3 is 0 Å². The third kappa shape index (κ3) is 4.15. The van der Waals surface area contributed by atoms with Gasteiger partial charge in [0.15, 0.2) is 0 Å². The van der Waals surface area contributed by atoms with Crippen LogP contribution in [-0.2, 0) is 6.42 Å². The highest BCUT2D eigenvalue weighted by atomic mass is 79.9. The van der Waals surface area contributed by atoms with Crippen LogP contribution in [0.4, 0.5) is 4.39 Å². The summed E-state index contributed by atoms with van der Waals surface area (Å²) in [6.07, 6.45) is 0.884. The van der Waals surface area contributed by atoms with Crippen LogP contribution in [0.25, 0.3) is 0 Å². The number of nitrogens with one attached hydrogen (secondary N) is 1. The zero-order chi connectivity index (χ0) is 14.5. The molecule has 0 aliphatic heterocycles. The van der Waals surface area contributed by atoms with Crippen molar-refractivity contribution in [2.45, 2.75) is 32.4 Å². The van der Waals surface area contributed by atoms with Crippen LogP contribution in [0.15, 0.2) is 53.0 Å². The highest BCUT2D eigenvalue weighted by Crippen LogP contribution is 2.23. The lowest BCUT2D eigenvalue weighted by Crippen LogP contribution is -2.30. The smallest absolute Gasteiger partial charge is 0.123 e. The first-order chi connectivity index (χ1) is 9.56. The molecule has 0 spiro atoms. The Morgan fingerprint density at radius 1 is 1.05 bits per heavy atom. The lowest BCUT2D eigenvalue weighted by Gasteiger charge is -2.21. The van der Waals surface area contributed by atoms with Crippen LogP contribution < -0.4 is 5.32 Å². The van der Waals surface area contributed by atoms with E-state index in [1.807, 2.05) is 24.3 Å². The molecule has 20 heavy (non-hydrogen) atoms. The molecule has 1 nitrogen and oxygen atoms in total. The molecule has 2 aromatic carbocycles. The Hall–Kier alpha value is -1.19. The molecule has 1 N–H and O–H groups in total. The maximum absolute atomic E-state index is 12.9. The van der Waals surface area contributed by atoms with Gasteiger partial charge in [0.2, 0.25) is 0 Å². The maximum atomic E-state index is 12.9. The van der Waals surface area contributed by atoms with E-state index < -0.39 is 0 Å². The third-order valence-corrected chi connectivity index (χ3v) is 4.08. The summed E-state index contributed by atoms with van der Waals surface area (Å²) in [6.45, 7) is 4.30. The predicted octanol–water partition coefficient (Wildman–Crippen LogP) is 4.87. The minimum absolute atomic E-state index is 0.184. The Morgan fingerprint density at radius 3 is 2.35 bits per heavy atom. The van der Waals surface area contributed by atoms with Crippen LogP contribution in [-0.4, -0.2) is 6.04 Å². The summed E-state index contributed by atoms with van der Waals surface area (Å²) in [6, 6.07) is 15.5. The Morgan fingerprint density at radius 2 is 1.70 bits per heavy atom. The van der Waals surface area contributed by atoms with Gasteiger partial charge in [0.25, 0.3) is 0 Å². The second kappa shape index (κ2) is 7.00. The summed E-state index contributed by atoms with van der Waals surface area (Å²) in [5.41, 5.74) is 2.39. The molecule has 0 saturated heterocycles. The normalized spacial score (nSPS) is 14.0. The molecule has 0 aliphatic rings. The quantitative estimate of drug-likeness (QED) is 0.821. The van der Waals surface area contributed by atoms with E-state index in [2.05, 4.69) is 47.2 Å². The van der Waals surface area contributed by atoms with Crippen LogP contribution in [0.3, 0.4) is 0 Å². The lowest BCUT2D eigenvalue weighted by molar-refractivity contribution is 0.476. The third-order valence-electron chi connectivity index (χ3n) is 3.36. The molecule has 0 amide bonds. The molecule has 0 radical (unpaired) electrons. The van der Waals surface area contributed by atoms with E-state index in [-0.39, 0.29) is 11.9 Å². The molecule has 2 rings (SSSR count). The van der Waals surface area contributed by atoms with Crippen LogP contribution in [0.2, 0.25) is 0 Å². The Balaban J connectivity index is 1.96. The monoisotopic (exact) mass is 335 g/mol. The topological polar surface area (TPSA) is 12.0 Å². The largest absolute Gasteiger partial charge is 0.307 e. The van der Waals surface area contributed by atoms with Crippen LogP contribution in [0.1, 0.15) is 31.0 Å². The first kappa shape index (κ1) is 15.2. The van der Waals surface area contributed by atoms with Crippen molar-refractivity contribution in [1.29, 1.82) is 0 Å². The van der Waals surface area contributed by atoms with Crippen molar-refractivity contribution in [3.63, 3.8) is 0 Å². The lowest BCUT2D eigenvalue weighted by atomic mass is 10.0. The molecular weight excluding hydrogens is 317 g/mol. The molecule has 2 atom stereocenters. The molecule has 0 bridgehead atoms. The zero-order valence-electron chi connectivity index (χ0n) is 11.7. The van der Waals surface area contributed by atoms with Gasteiger partial charge in [-0.1, -0.05) is 46.3 Å². The Kier molecular flexibility index (Phi) is 5.32. The molecule has 0 aromatic heterocycles. The standard InChI is InChI=1S/C17H19BrFN/c1-12(11-14-7-9-15(19)10-8-14)20-13(2)16-5-3-4-6-17(16)18/h3-10,12-13,20H,11H2,1-2H3/t12?,13-/m0/s1. The first-order valence-corrected chi connectivity index (χ1v) is 7.60. The fraction of sp³-hybridized carbons (Fsp3) is 0.294. The molecule has 2 aromatic rings. The molecule has 0 aliphatic carbocycles. The molecule has 0 heterocycles. The fourth-order valence-electron chi connectivity index (χ4n) is 2.38. The molecule has 1 unspecified atom stereocenters. The number of rotatable bonds is 5. The second-order valence-electron chi connectivity index (χ2n) is 5.14. The summed E-state index contributed by atoms with van der Waals surface area (Å²) < 4.78 is 14.0. The van der Waals surface area contributed by atoms with Crippen molar-refractivity contribution < 1.29 is 4.39 Å². The average Bonchev–Trinajstić information content (AvgIpc) is 2.41. The summed E-state index contributed by atoms with van der Waals surface area (Å²) >= 11 is 3.58. The zero-order valence-corrected chi connectivity index (χ0v) is 13.3. The summed E-state index contributed by atoms with van der Waals surface area (Å²) in [5.74, 6) is -0.184. The maximum Gasteiger partial charge on any atom is 0.123 e. The average molecular weight is 336 g/mol. The molecule has 3 heteroatoms. The van der Waals surface area contributed by atoms with Crippen LogP contribution in [0.5, 0.6) is 0 Å². The molecule has 0 saturated carbocycles. The number of halogens is 2. The minimum atomic E-state index is -0.184. The van der Waals surface area contributed by atoms with Crippen molar-refractivity contribution in [3.8, 4) is 0 Å². The predicted molar refractivity (Wildman–Crippen MR) is 85.3 cm³/mol. The van der Waals surface area contributed by atoms with E-state index in [0.29, 0.717) is 6.04 Å². The summed E-state index contributed by atoms with van der Waals surface area (Å²) in [7, 11) is 0. The van der Waals surface area contributed by atoms with Gasteiger partial charge in [-0.15, -0.1) is 0 Å². The molecule has 0 fully saturated rings. The first-order valence-electron chi connectivity index (χ1n) is 6.81. The Labute approximate surface area is 128 Å². The number of hydrogen-bond donors (Lipinski definition) is 1. The number of benzene rings is 2. The van der Waals surface area contributed by atoms with Gasteiger partial charge in [-0.25, -0.2) is 4.39 Å². The van der Waals surface area contributed by atoms with Gasteiger partial charge in [0.1, 0.15) is 5.82 Å². The van der Waals surface area contributed by atoms with Crippen molar-refractivity contribution in [3.05, 3.63) is 69.9 Å². The number of hydrogen-bond acceptors (Lipinski definition) is 1. The van der Waals surface area contributed by atoms with E-state index in [4.69, 9.17) is 0 Å². The van der Waals surface area contributed by atoms with Crippen molar-refractivity contribution in [1.82, 2.24) is 5.32 Å². The van der Waals surface area contributed by atoms with Gasteiger partial charge in [-0.2, -0.15) is 0 Å². The van der Waals surface area contributed by atoms with Gasteiger partial charge in [0, 0.05) is 16.6 Å².